The maximum Gasteiger partial charge on any atom is 0.252 e. The van der Waals surface area contributed by atoms with Crippen LogP contribution in [0.2, 0.25) is 0 Å². The molecule has 2 aromatic carbocycles. The summed E-state index contributed by atoms with van der Waals surface area (Å²) >= 11 is 0. The molecule has 1 amide bonds. The molecule has 1 atom stereocenters. The van der Waals surface area contributed by atoms with E-state index in [4.69, 9.17) is 14.5 Å². The van der Waals surface area contributed by atoms with Gasteiger partial charge in [0.2, 0.25) is 0 Å². The lowest BCUT2D eigenvalue weighted by molar-refractivity contribution is 0.0955. The summed E-state index contributed by atoms with van der Waals surface area (Å²) in [5.74, 6) is 0.501. The van der Waals surface area contributed by atoms with Gasteiger partial charge < -0.3 is 14.8 Å². The highest BCUT2D eigenvalue weighted by Gasteiger charge is 2.32. The molecule has 0 radical (unpaired) electrons. The number of aryl methyl sites for hydroxylation is 1. The second-order valence-corrected chi connectivity index (χ2v) is 11.8. The molecule has 1 saturated heterocycles. The fraction of sp³-hybridized carbons (Fsp3) is 0.321. The number of methoxy groups -OCH3 is 2. The molecule has 1 N–H and O–H groups in total. The predicted octanol–water partition coefficient (Wildman–Crippen LogP) is 3.90. The molecular formula is C28H29FN4O5S. The number of rotatable bonds is 8. The number of amides is 1. The van der Waals surface area contributed by atoms with Crippen LogP contribution in [0.4, 0.5) is 4.39 Å². The van der Waals surface area contributed by atoms with E-state index in [9.17, 15) is 17.6 Å². The van der Waals surface area contributed by atoms with Gasteiger partial charge in [-0.3, -0.25) is 4.79 Å². The molecule has 0 saturated carbocycles. The van der Waals surface area contributed by atoms with Gasteiger partial charge >= 0.3 is 0 Å². The molecule has 1 fully saturated rings. The number of halogens is 1. The second kappa shape index (κ2) is 10.6. The summed E-state index contributed by atoms with van der Waals surface area (Å²) in [6.45, 7) is 2.13. The van der Waals surface area contributed by atoms with Crippen molar-refractivity contribution in [2.24, 2.45) is 0 Å². The number of ether oxygens (including phenoxy) is 2. The van der Waals surface area contributed by atoms with Gasteiger partial charge in [-0.1, -0.05) is 12.1 Å². The van der Waals surface area contributed by atoms with E-state index in [1.165, 1.54) is 19.2 Å². The maximum atomic E-state index is 13.5. The monoisotopic (exact) mass is 552 g/mol. The molecule has 0 bridgehead atoms. The highest BCUT2D eigenvalue weighted by atomic mass is 32.2. The zero-order chi connectivity index (χ0) is 27.7. The van der Waals surface area contributed by atoms with E-state index in [0.717, 1.165) is 5.56 Å². The van der Waals surface area contributed by atoms with Crippen LogP contribution in [-0.2, 0) is 16.3 Å². The molecule has 1 aliphatic heterocycles. The van der Waals surface area contributed by atoms with Crippen LogP contribution < -0.4 is 14.8 Å². The number of nitrogens with one attached hydrogen (secondary N) is 1. The number of aromatic nitrogens is 3. The fourth-order valence-electron chi connectivity index (χ4n) is 4.93. The topological polar surface area (TPSA) is 112 Å². The fourth-order valence-corrected chi connectivity index (χ4v) is 6.62. The van der Waals surface area contributed by atoms with Crippen LogP contribution in [0, 0.1) is 12.7 Å². The number of sulfone groups is 1. The summed E-state index contributed by atoms with van der Waals surface area (Å²) in [6.07, 6.45) is 0.959. The van der Waals surface area contributed by atoms with Crippen molar-refractivity contribution in [3.63, 3.8) is 0 Å². The van der Waals surface area contributed by atoms with Gasteiger partial charge in [0, 0.05) is 12.1 Å². The Morgan fingerprint density at radius 2 is 1.85 bits per heavy atom. The van der Waals surface area contributed by atoms with Crippen molar-refractivity contribution in [1.29, 1.82) is 0 Å². The summed E-state index contributed by atoms with van der Waals surface area (Å²) in [5, 5.41) is 8.17. The van der Waals surface area contributed by atoms with Gasteiger partial charge in [-0.05, 0) is 61.7 Å². The first-order valence-corrected chi connectivity index (χ1v) is 14.4. The van der Waals surface area contributed by atoms with Crippen LogP contribution in [0.15, 0.2) is 48.5 Å². The zero-order valence-corrected chi connectivity index (χ0v) is 22.7. The van der Waals surface area contributed by atoms with E-state index < -0.39 is 9.84 Å². The number of carbonyl (C=O) groups is 1. The highest BCUT2D eigenvalue weighted by molar-refractivity contribution is 7.91. The number of carbonyl (C=O) groups excluding carboxylic acids is 1. The van der Waals surface area contributed by atoms with Gasteiger partial charge in [0.1, 0.15) is 5.82 Å². The molecule has 1 unspecified atom stereocenters. The number of pyridine rings is 1. The van der Waals surface area contributed by atoms with Crippen LogP contribution in [-0.4, -0.2) is 61.4 Å². The quantitative estimate of drug-likeness (QED) is 0.353. The number of benzene rings is 2. The molecule has 5 rings (SSSR count). The Morgan fingerprint density at radius 1 is 1.10 bits per heavy atom. The molecule has 1 aliphatic rings. The Hall–Kier alpha value is -3.99. The van der Waals surface area contributed by atoms with Crippen molar-refractivity contribution < 1.29 is 27.1 Å². The third kappa shape index (κ3) is 5.44. The predicted molar refractivity (Wildman–Crippen MR) is 146 cm³/mol. The lowest BCUT2D eigenvalue weighted by Crippen LogP contribution is -2.26. The maximum absolute atomic E-state index is 13.5. The minimum atomic E-state index is -3.17. The number of hydrogen-bond acceptors (Lipinski definition) is 7. The Labute approximate surface area is 225 Å². The first kappa shape index (κ1) is 26.6. The molecule has 11 heteroatoms. The minimum Gasteiger partial charge on any atom is -0.493 e. The zero-order valence-electron chi connectivity index (χ0n) is 21.9. The third-order valence-corrected chi connectivity index (χ3v) is 8.68. The average molecular weight is 553 g/mol. The third-order valence-electron chi connectivity index (χ3n) is 6.93. The number of nitrogens with zero attached hydrogens (tertiary/aromatic N) is 3. The van der Waals surface area contributed by atoms with Crippen LogP contribution in [0.3, 0.4) is 0 Å². The standard InChI is InChI=1S/C28H29FN4O5S/c1-17-26-22(28(34)30-12-10-18-4-7-20(29)8-5-18)15-23(19-6-9-24(37-2)25(14-19)38-3)31-27(26)33(32-17)21-11-13-39(35,36)16-21/h4-9,14-15,21H,10-13,16H2,1-3H3,(H,30,34). The lowest BCUT2D eigenvalue weighted by Gasteiger charge is -2.13. The Morgan fingerprint density at radius 3 is 2.51 bits per heavy atom. The van der Waals surface area contributed by atoms with Crippen molar-refractivity contribution in [3.05, 3.63) is 71.2 Å². The SMILES string of the molecule is COc1ccc(-c2cc(C(=O)NCCc3ccc(F)cc3)c3c(C)nn(C4CCS(=O)(=O)C4)c3n2)cc1OC. The van der Waals surface area contributed by atoms with E-state index in [-0.39, 0.29) is 29.3 Å². The van der Waals surface area contributed by atoms with Gasteiger partial charge in [-0.25, -0.2) is 22.5 Å². The van der Waals surface area contributed by atoms with Gasteiger partial charge in [0.15, 0.2) is 27.0 Å². The Bertz CT molecular complexity index is 1650. The summed E-state index contributed by atoms with van der Waals surface area (Å²) in [4.78, 5) is 18.4. The molecule has 9 nitrogen and oxygen atoms in total. The Kier molecular flexibility index (Phi) is 7.26. The average Bonchev–Trinajstić information content (AvgIpc) is 3.47. The van der Waals surface area contributed by atoms with E-state index in [0.29, 0.717) is 64.4 Å². The minimum absolute atomic E-state index is 0.0231. The lowest BCUT2D eigenvalue weighted by atomic mass is 10.0. The molecule has 3 heterocycles. The van der Waals surface area contributed by atoms with Gasteiger partial charge in [-0.15, -0.1) is 0 Å². The van der Waals surface area contributed by atoms with E-state index in [1.54, 1.807) is 49.0 Å². The molecular weight excluding hydrogens is 523 g/mol. The number of fused-ring (bicyclic) bond motifs is 1. The molecule has 0 aliphatic carbocycles. The van der Waals surface area contributed by atoms with Crippen molar-refractivity contribution in [2.75, 3.05) is 32.3 Å². The van der Waals surface area contributed by atoms with Crippen LogP contribution in [0.5, 0.6) is 11.5 Å². The van der Waals surface area contributed by atoms with Crippen LogP contribution >= 0.6 is 0 Å². The first-order chi connectivity index (χ1) is 18.7. The molecule has 4 aromatic rings. The van der Waals surface area contributed by atoms with E-state index in [2.05, 4.69) is 10.4 Å². The normalized spacial score (nSPS) is 16.4. The van der Waals surface area contributed by atoms with E-state index in [1.807, 2.05) is 6.07 Å². The number of hydrogen-bond donors (Lipinski definition) is 1. The Balaban J connectivity index is 1.56. The summed E-state index contributed by atoms with van der Waals surface area (Å²) in [5.41, 5.74) is 3.52. The molecule has 0 spiro atoms. The summed E-state index contributed by atoms with van der Waals surface area (Å²) in [6, 6.07) is 12.8. The summed E-state index contributed by atoms with van der Waals surface area (Å²) in [7, 11) is -0.0836. The van der Waals surface area contributed by atoms with Crippen molar-refractivity contribution in [2.45, 2.75) is 25.8 Å². The molecule has 39 heavy (non-hydrogen) atoms. The van der Waals surface area contributed by atoms with Crippen LogP contribution in [0.25, 0.3) is 22.3 Å². The second-order valence-electron chi connectivity index (χ2n) is 9.54. The van der Waals surface area contributed by atoms with Gasteiger partial charge in [0.25, 0.3) is 5.91 Å². The molecule has 204 valence electrons. The van der Waals surface area contributed by atoms with Crippen molar-refractivity contribution in [3.8, 4) is 22.8 Å². The highest BCUT2D eigenvalue weighted by Crippen LogP contribution is 2.35. The van der Waals surface area contributed by atoms with Crippen molar-refractivity contribution >= 4 is 26.8 Å². The smallest absolute Gasteiger partial charge is 0.252 e. The molecule has 2 aromatic heterocycles. The van der Waals surface area contributed by atoms with Crippen LogP contribution in [0.1, 0.15) is 34.1 Å². The van der Waals surface area contributed by atoms with Crippen molar-refractivity contribution in [1.82, 2.24) is 20.1 Å². The first-order valence-electron chi connectivity index (χ1n) is 12.5. The van der Waals surface area contributed by atoms with Gasteiger partial charge in [0.05, 0.1) is 54.1 Å². The van der Waals surface area contributed by atoms with E-state index >= 15 is 0 Å². The largest absolute Gasteiger partial charge is 0.493 e. The summed E-state index contributed by atoms with van der Waals surface area (Å²) < 4.78 is 50.2. The van der Waals surface area contributed by atoms with Gasteiger partial charge in [-0.2, -0.15) is 5.10 Å².